The van der Waals surface area contributed by atoms with E-state index in [4.69, 9.17) is 28.4 Å². The summed E-state index contributed by atoms with van der Waals surface area (Å²) in [5.74, 6) is 0. The van der Waals surface area contributed by atoms with E-state index in [2.05, 4.69) is 0 Å². The monoisotopic (exact) mass is 446 g/mol. The zero-order valence-electron chi connectivity index (χ0n) is 18.1. The van der Waals surface area contributed by atoms with E-state index in [9.17, 15) is 0 Å². The molecule has 3 aliphatic heterocycles. The molecule has 170 valence electrons. The molecule has 3 heterocycles. The highest BCUT2D eigenvalue weighted by Gasteiger charge is 2.50. The highest BCUT2D eigenvalue weighted by Crippen LogP contribution is 2.41. The minimum absolute atomic E-state index is 0.284. The summed E-state index contributed by atoms with van der Waals surface area (Å²) in [6.07, 6.45) is -2.76. The minimum atomic E-state index is -0.530. The number of fused-ring (bicyclic) bond motifs is 1. The first-order valence-corrected chi connectivity index (χ1v) is 11.3. The molecule has 0 aliphatic carbocycles. The van der Waals surface area contributed by atoms with Crippen LogP contribution in [0.1, 0.15) is 35.6 Å². The summed E-state index contributed by atoms with van der Waals surface area (Å²) in [4.78, 5) is 0. The molecular weight excluding hydrogens is 420 g/mol. The maximum absolute atomic E-state index is 6.49. The summed E-state index contributed by atoms with van der Waals surface area (Å²) in [6, 6.07) is 29.8. The molecule has 0 radical (unpaired) electrons. The van der Waals surface area contributed by atoms with Crippen molar-refractivity contribution in [3.63, 3.8) is 0 Å². The van der Waals surface area contributed by atoms with Gasteiger partial charge in [0.15, 0.2) is 18.9 Å². The van der Waals surface area contributed by atoms with Gasteiger partial charge in [-0.05, 0) is 0 Å². The third-order valence-corrected chi connectivity index (χ3v) is 6.25. The maximum Gasteiger partial charge on any atom is 0.184 e. The van der Waals surface area contributed by atoms with E-state index in [0.717, 1.165) is 16.7 Å². The number of hydrogen-bond acceptors (Lipinski definition) is 6. The van der Waals surface area contributed by atoms with Gasteiger partial charge in [-0.2, -0.15) is 0 Å². The van der Waals surface area contributed by atoms with E-state index in [0.29, 0.717) is 13.2 Å². The number of rotatable bonds is 4. The topological polar surface area (TPSA) is 55.4 Å². The van der Waals surface area contributed by atoms with Gasteiger partial charge in [0.25, 0.3) is 0 Å². The average molecular weight is 446 g/mol. The molecule has 6 rings (SSSR count). The maximum atomic E-state index is 6.49. The summed E-state index contributed by atoms with van der Waals surface area (Å²) >= 11 is 0. The Hall–Kier alpha value is -2.58. The molecule has 33 heavy (non-hydrogen) atoms. The number of hydrogen-bond donors (Lipinski definition) is 0. The largest absolute Gasteiger partial charge is 0.346 e. The molecule has 0 aromatic heterocycles. The summed E-state index contributed by atoms with van der Waals surface area (Å²) in [5, 5.41) is 0. The predicted molar refractivity (Wildman–Crippen MR) is 119 cm³/mol. The standard InChI is InChI=1S/C27H26O6/c1-4-10-18(11-5-1)25-28-16-21(30-25)24-23-22(31-27(33-24)20-14-8-3-9-15-20)17-29-26(32-23)19-12-6-2-7-13-19/h1-15,21-27H,16-17H2/t21-,22+,23+,24+,25?,26?,27?/m0/s1. The van der Waals surface area contributed by atoms with Gasteiger partial charge in [0.1, 0.15) is 24.4 Å². The normalized spacial score (nSPS) is 34.0. The highest BCUT2D eigenvalue weighted by atomic mass is 16.8. The molecule has 3 aromatic rings. The van der Waals surface area contributed by atoms with Crippen molar-refractivity contribution in [3.05, 3.63) is 108 Å². The smallest absolute Gasteiger partial charge is 0.184 e. The molecule has 3 saturated heterocycles. The van der Waals surface area contributed by atoms with Gasteiger partial charge in [0.05, 0.1) is 13.2 Å². The molecule has 6 nitrogen and oxygen atoms in total. The Bertz CT molecular complexity index is 1030. The Morgan fingerprint density at radius 1 is 0.424 bits per heavy atom. The van der Waals surface area contributed by atoms with Crippen molar-refractivity contribution >= 4 is 0 Å². The lowest BCUT2D eigenvalue weighted by atomic mass is 9.99. The van der Waals surface area contributed by atoms with Crippen LogP contribution in [0.25, 0.3) is 0 Å². The van der Waals surface area contributed by atoms with Gasteiger partial charge in [0.2, 0.25) is 0 Å². The van der Waals surface area contributed by atoms with Crippen molar-refractivity contribution < 1.29 is 28.4 Å². The van der Waals surface area contributed by atoms with Crippen LogP contribution < -0.4 is 0 Å². The van der Waals surface area contributed by atoms with E-state index in [1.54, 1.807) is 0 Å². The molecule has 3 fully saturated rings. The van der Waals surface area contributed by atoms with Crippen LogP contribution in [-0.4, -0.2) is 37.6 Å². The zero-order valence-corrected chi connectivity index (χ0v) is 18.1. The van der Waals surface area contributed by atoms with Crippen LogP contribution in [0, 0.1) is 0 Å². The van der Waals surface area contributed by atoms with Crippen LogP contribution in [-0.2, 0) is 28.4 Å². The lowest BCUT2D eigenvalue weighted by molar-refractivity contribution is -0.373. The molecular formula is C27H26O6. The highest BCUT2D eigenvalue weighted by molar-refractivity contribution is 5.19. The Balaban J connectivity index is 1.26. The lowest BCUT2D eigenvalue weighted by Gasteiger charge is -2.47. The van der Waals surface area contributed by atoms with Gasteiger partial charge in [-0.1, -0.05) is 91.0 Å². The fourth-order valence-corrected chi connectivity index (χ4v) is 4.59. The molecule has 0 N–H and O–H groups in total. The van der Waals surface area contributed by atoms with Gasteiger partial charge >= 0.3 is 0 Å². The quantitative estimate of drug-likeness (QED) is 0.579. The molecule has 0 amide bonds. The summed E-state index contributed by atoms with van der Waals surface area (Å²) in [7, 11) is 0. The van der Waals surface area contributed by atoms with E-state index in [1.807, 2.05) is 91.0 Å². The van der Waals surface area contributed by atoms with Gasteiger partial charge in [-0.25, -0.2) is 0 Å². The number of benzene rings is 3. The first kappa shape index (κ1) is 21.0. The number of ether oxygens (including phenoxy) is 6. The van der Waals surface area contributed by atoms with Gasteiger partial charge in [-0.3, -0.25) is 0 Å². The second-order valence-corrected chi connectivity index (χ2v) is 8.44. The molecule has 0 bridgehead atoms. The SMILES string of the molecule is c1ccc(C2OC[C@H]3OC(c4ccccc4)O[C@H]([C@@H]4COC(c5ccccc5)O4)[C@@H]3O2)cc1. The first-order chi connectivity index (χ1) is 16.3. The van der Waals surface area contributed by atoms with Crippen molar-refractivity contribution in [2.75, 3.05) is 13.2 Å². The molecule has 7 atom stereocenters. The van der Waals surface area contributed by atoms with Crippen LogP contribution in [0.5, 0.6) is 0 Å². The zero-order chi connectivity index (χ0) is 22.0. The van der Waals surface area contributed by atoms with Crippen LogP contribution in [0.15, 0.2) is 91.0 Å². The second-order valence-electron chi connectivity index (χ2n) is 8.44. The van der Waals surface area contributed by atoms with Gasteiger partial charge in [-0.15, -0.1) is 0 Å². The van der Waals surface area contributed by atoms with Crippen LogP contribution >= 0.6 is 0 Å². The van der Waals surface area contributed by atoms with Crippen molar-refractivity contribution in [1.29, 1.82) is 0 Å². The minimum Gasteiger partial charge on any atom is -0.346 e. The Labute approximate surface area is 192 Å². The van der Waals surface area contributed by atoms with E-state index in [1.165, 1.54) is 0 Å². The second kappa shape index (κ2) is 9.35. The fourth-order valence-electron chi connectivity index (χ4n) is 4.59. The fraction of sp³-hybridized carbons (Fsp3) is 0.333. The van der Waals surface area contributed by atoms with E-state index >= 15 is 0 Å². The van der Waals surface area contributed by atoms with E-state index < -0.39 is 18.9 Å². The molecule has 3 aliphatic rings. The van der Waals surface area contributed by atoms with Crippen molar-refractivity contribution in [3.8, 4) is 0 Å². The predicted octanol–water partition coefficient (Wildman–Crippen LogP) is 4.70. The van der Waals surface area contributed by atoms with Crippen LogP contribution in [0.3, 0.4) is 0 Å². The Kier molecular flexibility index (Phi) is 5.94. The van der Waals surface area contributed by atoms with Gasteiger partial charge < -0.3 is 28.4 Å². The third kappa shape index (κ3) is 4.34. The molecule has 0 spiro atoms. The summed E-state index contributed by atoms with van der Waals surface area (Å²) < 4.78 is 37.6. The average Bonchev–Trinajstić information content (AvgIpc) is 3.39. The first-order valence-electron chi connectivity index (χ1n) is 11.3. The Morgan fingerprint density at radius 2 is 0.788 bits per heavy atom. The third-order valence-electron chi connectivity index (χ3n) is 6.25. The molecule has 0 saturated carbocycles. The van der Waals surface area contributed by atoms with Crippen molar-refractivity contribution in [2.24, 2.45) is 0 Å². The van der Waals surface area contributed by atoms with Crippen LogP contribution in [0.4, 0.5) is 0 Å². The van der Waals surface area contributed by atoms with E-state index in [-0.39, 0.29) is 24.4 Å². The summed E-state index contributed by atoms with van der Waals surface area (Å²) in [6.45, 7) is 0.818. The molecule has 6 heteroatoms. The van der Waals surface area contributed by atoms with Crippen molar-refractivity contribution in [2.45, 2.75) is 43.3 Å². The Morgan fingerprint density at radius 3 is 1.27 bits per heavy atom. The summed E-state index contributed by atoms with van der Waals surface area (Å²) in [5.41, 5.74) is 2.90. The van der Waals surface area contributed by atoms with Crippen molar-refractivity contribution in [1.82, 2.24) is 0 Å². The molecule has 3 aromatic carbocycles. The van der Waals surface area contributed by atoms with Crippen LogP contribution in [0.2, 0.25) is 0 Å². The van der Waals surface area contributed by atoms with Gasteiger partial charge in [0, 0.05) is 16.7 Å². The molecule has 3 unspecified atom stereocenters. The lowest BCUT2D eigenvalue weighted by Crippen LogP contribution is -2.58.